The minimum absolute atomic E-state index is 0.0567. The van der Waals surface area contributed by atoms with E-state index in [-0.39, 0.29) is 5.91 Å². The SMILES string of the molecule is COc1ccc(-c2cn3cc(C(=O)NC4CCCCCC4)nc3s2)cc1. The van der Waals surface area contributed by atoms with Crippen LogP contribution in [0.5, 0.6) is 5.75 Å². The number of nitrogens with one attached hydrogen (secondary N) is 1. The van der Waals surface area contributed by atoms with Crippen LogP contribution in [0.1, 0.15) is 49.0 Å². The number of fused-ring (bicyclic) bond motifs is 1. The first-order chi connectivity index (χ1) is 12.7. The number of benzene rings is 1. The number of imidazole rings is 1. The molecule has 1 aliphatic carbocycles. The largest absolute Gasteiger partial charge is 0.497 e. The average Bonchev–Trinajstić information content (AvgIpc) is 3.13. The molecule has 0 saturated heterocycles. The zero-order valence-electron chi connectivity index (χ0n) is 14.9. The molecule has 5 nitrogen and oxygen atoms in total. The van der Waals surface area contributed by atoms with Crippen LogP contribution in [0.15, 0.2) is 36.7 Å². The van der Waals surface area contributed by atoms with Gasteiger partial charge in [-0.15, -0.1) is 0 Å². The summed E-state index contributed by atoms with van der Waals surface area (Å²) >= 11 is 1.58. The van der Waals surface area contributed by atoms with E-state index in [1.807, 2.05) is 41.1 Å². The van der Waals surface area contributed by atoms with E-state index < -0.39 is 0 Å². The van der Waals surface area contributed by atoms with Gasteiger partial charge >= 0.3 is 0 Å². The van der Waals surface area contributed by atoms with Crippen molar-refractivity contribution < 1.29 is 9.53 Å². The van der Waals surface area contributed by atoms with E-state index >= 15 is 0 Å². The van der Waals surface area contributed by atoms with Gasteiger partial charge in [-0.3, -0.25) is 9.20 Å². The fourth-order valence-electron chi connectivity index (χ4n) is 3.48. The van der Waals surface area contributed by atoms with Crippen molar-refractivity contribution in [2.45, 2.75) is 44.6 Å². The van der Waals surface area contributed by atoms with Crippen LogP contribution in [0.4, 0.5) is 0 Å². The summed E-state index contributed by atoms with van der Waals surface area (Å²) in [5.74, 6) is 0.784. The molecule has 1 N–H and O–H groups in total. The summed E-state index contributed by atoms with van der Waals surface area (Å²) in [4.78, 5) is 19.0. The number of aromatic nitrogens is 2. The number of amides is 1. The Bertz CT molecular complexity index is 858. The summed E-state index contributed by atoms with van der Waals surface area (Å²) in [6, 6.07) is 8.25. The lowest BCUT2D eigenvalue weighted by atomic mass is 10.1. The second-order valence-corrected chi connectivity index (χ2v) is 7.81. The van der Waals surface area contributed by atoms with Crippen LogP contribution in [-0.2, 0) is 0 Å². The summed E-state index contributed by atoms with van der Waals surface area (Å²) in [5.41, 5.74) is 1.62. The van der Waals surface area contributed by atoms with Gasteiger partial charge in [-0.2, -0.15) is 0 Å². The Balaban J connectivity index is 1.49. The number of nitrogens with zero attached hydrogens (tertiary/aromatic N) is 2. The molecule has 3 aromatic rings. The van der Waals surface area contributed by atoms with Gasteiger partial charge in [0.25, 0.3) is 5.91 Å². The molecule has 2 aromatic heterocycles. The Morgan fingerprint density at radius 3 is 2.54 bits per heavy atom. The number of carbonyl (C=O) groups is 1. The molecule has 0 atom stereocenters. The van der Waals surface area contributed by atoms with Crippen molar-refractivity contribution in [2.24, 2.45) is 0 Å². The van der Waals surface area contributed by atoms with Gasteiger partial charge in [0, 0.05) is 18.4 Å². The molecule has 1 saturated carbocycles. The molecule has 0 aliphatic heterocycles. The van der Waals surface area contributed by atoms with Gasteiger partial charge in [-0.25, -0.2) is 4.98 Å². The topological polar surface area (TPSA) is 55.6 Å². The van der Waals surface area contributed by atoms with E-state index in [4.69, 9.17) is 4.74 Å². The fourth-order valence-corrected chi connectivity index (χ4v) is 4.45. The summed E-state index contributed by atoms with van der Waals surface area (Å²) < 4.78 is 7.14. The Morgan fingerprint density at radius 1 is 1.15 bits per heavy atom. The van der Waals surface area contributed by atoms with Gasteiger partial charge in [-0.1, -0.05) is 37.0 Å². The van der Waals surface area contributed by atoms with Gasteiger partial charge in [0.15, 0.2) is 4.96 Å². The van der Waals surface area contributed by atoms with E-state index in [2.05, 4.69) is 10.3 Å². The van der Waals surface area contributed by atoms with Crippen LogP contribution >= 0.6 is 11.3 Å². The first-order valence-electron chi connectivity index (χ1n) is 9.17. The highest BCUT2D eigenvalue weighted by Gasteiger charge is 2.18. The molecule has 0 radical (unpaired) electrons. The molecule has 1 amide bonds. The molecule has 136 valence electrons. The second kappa shape index (κ2) is 7.50. The third-order valence-corrected chi connectivity index (χ3v) is 6.00. The van der Waals surface area contributed by atoms with Crippen LogP contribution in [0.2, 0.25) is 0 Å². The number of ether oxygens (including phenoxy) is 1. The fraction of sp³-hybridized carbons (Fsp3) is 0.400. The second-order valence-electron chi connectivity index (χ2n) is 6.80. The third-order valence-electron chi connectivity index (χ3n) is 4.95. The lowest BCUT2D eigenvalue weighted by Gasteiger charge is -2.14. The van der Waals surface area contributed by atoms with Crippen molar-refractivity contribution in [1.29, 1.82) is 0 Å². The maximum absolute atomic E-state index is 12.5. The average molecular weight is 369 g/mol. The summed E-state index contributed by atoms with van der Waals surface area (Å²) in [6.07, 6.45) is 11.0. The highest BCUT2D eigenvalue weighted by Crippen LogP contribution is 2.29. The minimum Gasteiger partial charge on any atom is -0.497 e. The predicted octanol–water partition coefficient (Wildman–Crippen LogP) is 4.52. The summed E-state index contributed by atoms with van der Waals surface area (Å²) in [7, 11) is 1.66. The Morgan fingerprint density at radius 2 is 1.88 bits per heavy atom. The highest BCUT2D eigenvalue weighted by molar-refractivity contribution is 7.20. The standard InChI is InChI=1S/C20H23N3O2S/c1-25-16-10-8-14(9-11-16)18-13-23-12-17(22-20(23)26-18)19(24)21-15-6-4-2-3-5-7-15/h8-13,15H,2-7H2,1H3,(H,21,24). The van der Waals surface area contributed by atoms with Gasteiger partial charge < -0.3 is 10.1 Å². The highest BCUT2D eigenvalue weighted by atomic mass is 32.1. The first-order valence-corrected chi connectivity index (χ1v) is 9.98. The normalized spacial score (nSPS) is 15.7. The zero-order chi connectivity index (χ0) is 17.9. The lowest BCUT2D eigenvalue weighted by molar-refractivity contribution is 0.0929. The summed E-state index contributed by atoms with van der Waals surface area (Å²) in [6.45, 7) is 0. The van der Waals surface area contributed by atoms with Gasteiger partial charge in [0.05, 0.1) is 12.0 Å². The maximum Gasteiger partial charge on any atom is 0.271 e. The van der Waals surface area contributed by atoms with Crippen molar-refractivity contribution in [2.75, 3.05) is 7.11 Å². The van der Waals surface area contributed by atoms with Crippen molar-refractivity contribution in [3.05, 3.63) is 42.4 Å². The monoisotopic (exact) mass is 369 g/mol. The Kier molecular flexibility index (Phi) is 4.93. The number of hydrogen-bond acceptors (Lipinski definition) is 4. The molecule has 2 heterocycles. The van der Waals surface area contributed by atoms with Crippen molar-refractivity contribution in [3.8, 4) is 16.2 Å². The van der Waals surface area contributed by atoms with Gasteiger partial charge in [0.2, 0.25) is 0 Å². The third kappa shape index (κ3) is 3.60. The molecule has 0 bridgehead atoms. The van der Waals surface area contributed by atoms with Crippen molar-refractivity contribution >= 4 is 22.2 Å². The number of methoxy groups -OCH3 is 1. The number of carbonyl (C=O) groups excluding carboxylic acids is 1. The molecule has 1 aliphatic rings. The van der Waals surface area contributed by atoms with E-state index in [0.29, 0.717) is 11.7 Å². The molecule has 26 heavy (non-hydrogen) atoms. The van der Waals surface area contributed by atoms with Crippen molar-refractivity contribution in [1.82, 2.24) is 14.7 Å². The lowest BCUT2D eigenvalue weighted by Crippen LogP contribution is -2.34. The van der Waals surface area contributed by atoms with Crippen LogP contribution in [-0.4, -0.2) is 28.4 Å². The molecule has 0 spiro atoms. The maximum atomic E-state index is 12.5. The van der Waals surface area contributed by atoms with Gasteiger partial charge in [-0.05, 0) is 42.7 Å². The number of thiazole rings is 1. The van der Waals surface area contributed by atoms with Crippen LogP contribution in [0, 0.1) is 0 Å². The molecule has 4 rings (SSSR count). The number of hydrogen-bond donors (Lipinski definition) is 1. The summed E-state index contributed by atoms with van der Waals surface area (Å²) in [5, 5.41) is 3.16. The van der Waals surface area contributed by atoms with E-state index in [1.165, 1.54) is 25.7 Å². The van der Waals surface area contributed by atoms with Crippen LogP contribution in [0.3, 0.4) is 0 Å². The smallest absolute Gasteiger partial charge is 0.271 e. The quantitative estimate of drug-likeness (QED) is 0.688. The zero-order valence-corrected chi connectivity index (χ0v) is 15.7. The molecular weight excluding hydrogens is 346 g/mol. The van der Waals surface area contributed by atoms with Crippen LogP contribution < -0.4 is 10.1 Å². The van der Waals surface area contributed by atoms with E-state index in [1.54, 1.807) is 18.4 Å². The molecule has 1 fully saturated rings. The van der Waals surface area contributed by atoms with Crippen molar-refractivity contribution in [3.63, 3.8) is 0 Å². The predicted molar refractivity (Wildman–Crippen MR) is 104 cm³/mol. The van der Waals surface area contributed by atoms with E-state index in [9.17, 15) is 4.79 Å². The minimum atomic E-state index is -0.0567. The van der Waals surface area contributed by atoms with E-state index in [0.717, 1.165) is 34.0 Å². The molecule has 1 aromatic carbocycles. The Labute approximate surface area is 157 Å². The molecular formula is C20H23N3O2S. The Hall–Kier alpha value is -2.34. The first kappa shape index (κ1) is 17.1. The number of rotatable bonds is 4. The molecule has 0 unspecified atom stereocenters. The molecule has 6 heteroatoms. The van der Waals surface area contributed by atoms with Crippen LogP contribution in [0.25, 0.3) is 15.4 Å². The van der Waals surface area contributed by atoms with Gasteiger partial charge in [0.1, 0.15) is 11.4 Å².